The van der Waals surface area contributed by atoms with Crippen LogP contribution in [0, 0.1) is 5.92 Å². The van der Waals surface area contributed by atoms with E-state index < -0.39 is 17.8 Å². The Morgan fingerprint density at radius 1 is 1.40 bits per heavy atom. The smallest absolute Gasteiger partial charge is 0.315 e. The Kier molecular flexibility index (Phi) is 5.19. The molecule has 0 N–H and O–H groups in total. The van der Waals surface area contributed by atoms with Gasteiger partial charge in [0, 0.05) is 34.3 Å². The van der Waals surface area contributed by atoms with Crippen LogP contribution in [0.2, 0.25) is 5.02 Å². The van der Waals surface area contributed by atoms with Gasteiger partial charge in [0.05, 0.1) is 0 Å². The van der Waals surface area contributed by atoms with Gasteiger partial charge in [-0.15, -0.1) is 0 Å². The van der Waals surface area contributed by atoms with Crippen molar-refractivity contribution in [2.24, 2.45) is 10.9 Å². The van der Waals surface area contributed by atoms with E-state index in [4.69, 9.17) is 16.3 Å². The number of carbonyl (C=O) groups excluding carboxylic acids is 2. The summed E-state index contributed by atoms with van der Waals surface area (Å²) in [6.45, 7) is 5.51. The van der Waals surface area contributed by atoms with Crippen LogP contribution >= 0.6 is 11.6 Å². The van der Waals surface area contributed by atoms with Crippen molar-refractivity contribution in [1.29, 1.82) is 0 Å². The van der Waals surface area contributed by atoms with Crippen LogP contribution in [0.25, 0.3) is 0 Å². The number of aliphatic imine (C=N–C) groups is 1. The van der Waals surface area contributed by atoms with Crippen molar-refractivity contribution < 1.29 is 14.3 Å². The van der Waals surface area contributed by atoms with Gasteiger partial charge in [-0.25, -0.2) is 0 Å². The molecular weight excluding hydrogens is 338 g/mol. The van der Waals surface area contributed by atoms with E-state index in [1.165, 1.54) is 6.08 Å². The molecule has 2 aliphatic rings. The molecule has 1 aromatic carbocycles. The molecule has 0 amide bonds. The fourth-order valence-corrected chi connectivity index (χ4v) is 3.86. The van der Waals surface area contributed by atoms with Crippen molar-refractivity contribution >= 4 is 29.1 Å². The number of esters is 1. The molecule has 1 aliphatic heterocycles. The van der Waals surface area contributed by atoms with E-state index in [9.17, 15) is 9.59 Å². The maximum absolute atomic E-state index is 12.7. The summed E-state index contributed by atoms with van der Waals surface area (Å²) < 4.78 is 5.29. The van der Waals surface area contributed by atoms with Crippen molar-refractivity contribution in [2.75, 3.05) is 6.61 Å². The Labute approximate surface area is 152 Å². The van der Waals surface area contributed by atoms with E-state index >= 15 is 0 Å². The number of halogens is 1. The first-order valence-corrected chi connectivity index (χ1v) is 8.75. The number of ether oxygens (including phenoxy) is 1. The number of hydrogen-bond acceptors (Lipinski definition) is 4. The summed E-state index contributed by atoms with van der Waals surface area (Å²) in [5, 5.41) is 0.536. The first kappa shape index (κ1) is 17.6. The van der Waals surface area contributed by atoms with Gasteiger partial charge in [0.15, 0.2) is 5.78 Å². The maximum atomic E-state index is 12.7. The Morgan fingerprint density at radius 3 is 2.88 bits per heavy atom. The molecule has 1 unspecified atom stereocenters. The lowest BCUT2D eigenvalue weighted by Crippen LogP contribution is -2.37. The molecule has 0 saturated carbocycles. The van der Waals surface area contributed by atoms with Crippen molar-refractivity contribution in [2.45, 2.75) is 32.1 Å². The topological polar surface area (TPSA) is 55.7 Å². The Hall–Kier alpha value is -2.20. The molecule has 0 aromatic heterocycles. The van der Waals surface area contributed by atoms with E-state index in [1.54, 1.807) is 6.07 Å². The standard InChI is InChI=1S/C20H20ClNO3/c1-3-11-25-20(24)17-12(2)22-15-9-6-10-16(23)19(15)18(17)13-7-4-5-8-14(13)21/h3-5,7-8,17-18H,1,6,9-11H2,2H3/t17?,18-/m1/s1. The Balaban J connectivity index is 2.14. The van der Waals surface area contributed by atoms with Crippen LogP contribution in [0.1, 0.15) is 37.7 Å². The zero-order valence-electron chi connectivity index (χ0n) is 14.1. The fraction of sp³-hybridized carbons (Fsp3) is 0.350. The van der Waals surface area contributed by atoms with Gasteiger partial charge >= 0.3 is 5.97 Å². The first-order chi connectivity index (χ1) is 12.0. The van der Waals surface area contributed by atoms with Gasteiger partial charge in [-0.05, 0) is 31.4 Å². The number of Topliss-reactive ketones (excluding diaryl/α,β-unsaturated/α-hetero) is 1. The average Bonchev–Trinajstić information content (AvgIpc) is 2.59. The van der Waals surface area contributed by atoms with E-state index in [1.807, 2.05) is 25.1 Å². The van der Waals surface area contributed by atoms with Crippen LogP contribution in [-0.2, 0) is 14.3 Å². The van der Waals surface area contributed by atoms with Gasteiger partial charge in [-0.2, -0.15) is 0 Å². The molecule has 0 saturated heterocycles. The van der Waals surface area contributed by atoms with Crippen molar-refractivity contribution in [3.8, 4) is 0 Å². The van der Waals surface area contributed by atoms with Crippen LogP contribution in [0.5, 0.6) is 0 Å². The summed E-state index contributed by atoms with van der Waals surface area (Å²) >= 11 is 6.42. The lowest BCUT2D eigenvalue weighted by Gasteiger charge is -2.34. The zero-order valence-corrected chi connectivity index (χ0v) is 14.9. The second-order valence-corrected chi connectivity index (χ2v) is 6.69. The molecule has 4 nitrogen and oxygen atoms in total. The SMILES string of the molecule is C=CCOC(=O)C1C(C)=NC2=C(C(=O)CCC2)[C@@H]1c1ccccc1Cl. The molecule has 3 rings (SSSR count). The van der Waals surface area contributed by atoms with Gasteiger partial charge in [0.1, 0.15) is 12.5 Å². The Bertz CT molecular complexity index is 794. The molecule has 0 radical (unpaired) electrons. The van der Waals surface area contributed by atoms with Crippen molar-refractivity contribution in [3.63, 3.8) is 0 Å². The predicted octanol–water partition coefficient (Wildman–Crippen LogP) is 4.25. The van der Waals surface area contributed by atoms with E-state index in [0.29, 0.717) is 22.7 Å². The summed E-state index contributed by atoms with van der Waals surface area (Å²) in [5.74, 6) is -1.47. The largest absolute Gasteiger partial charge is 0.461 e. The summed E-state index contributed by atoms with van der Waals surface area (Å²) in [4.78, 5) is 30.0. The van der Waals surface area contributed by atoms with Gasteiger partial charge < -0.3 is 4.74 Å². The summed E-state index contributed by atoms with van der Waals surface area (Å²) in [7, 11) is 0. The van der Waals surface area contributed by atoms with Crippen LogP contribution in [0.4, 0.5) is 0 Å². The van der Waals surface area contributed by atoms with Crippen LogP contribution in [0.3, 0.4) is 0 Å². The Morgan fingerprint density at radius 2 is 2.16 bits per heavy atom. The molecule has 5 heteroatoms. The van der Waals surface area contributed by atoms with Crippen molar-refractivity contribution in [3.05, 3.63) is 58.8 Å². The number of allylic oxidation sites excluding steroid dienone is 2. The number of benzene rings is 1. The molecule has 130 valence electrons. The molecule has 25 heavy (non-hydrogen) atoms. The highest BCUT2D eigenvalue weighted by Crippen LogP contribution is 2.45. The minimum Gasteiger partial charge on any atom is -0.461 e. The van der Waals surface area contributed by atoms with E-state index in [-0.39, 0.29) is 12.4 Å². The van der Waals surface area contributed by atoms with Gasteiger partial charge in [0.25, 0.3) is 0 Å². The summed E-state index contributed by atoms with van der Waals surface area (Å²) in [6.07, 6.45) is 3.53. The molecule has 2 atom stereocenters. The number of nitrogens with zero attached hydrogens (tertiary/aromatic N) is 1. The molecule has 0 spiro atoms. The highest BCUT2D eigenvalue weighted by Gasteiger charge is 2.43. The maximum Gasteiger partial charge on any atom is 0.315 e. The predicted molar refractivity (Wildman–Crippen MR) is 97.8 cm³/mol. The average molecular weight is 358 g/mol. The number of hydrogen-bond donors (Lipinski definition) is 0. The second kappa shape index (κ2) is 7.36. The van der Waals surface area contributed by atoms with Gasteiger partial charge in [0.2, 0.25) is 0 Å². The minimum absolute atomic E-state index is 0.0453. The normalized spacial score (nSPS) is 23.0. The van der Waals surface area contributed by atoms with Gasteiger partial charge in [-0.3, -0.25) is 14.6 Å². The van der Waals surface area contributed by atoms with E-state index in [0.717, 1.165) is 24.1 Å². The molecule has 0 bridgehead atoms. The fourth-order valence-electron chi connectivity index (χ4n) is 3.61. The van der Waals surface area contributed by atoms with Crippen LogP contribution in [0.15, 0.2) is 53.2 Å². The first-order valence-electron chi connectivity index (χ1n) is 8.38. The number of rotatable bonds is 4. The summed E-state index contributed by atoms with van der Waals surface area (Å²) in [6, 6.07) is 7.34. The molecule has 1 aromatic rings. The second-order valence-electron chi connectivity index (χ2n) is 6.29. The molecule has 1 aliphatic carbocycles. The molecule has 0 fully saturated rings. The monoisotopic (exact) mass is 357 g/mol. The zero-order chi connectivity index (χ0) is 18.0. The lowest BCUT2D eigenvalue weighted by molar-refractivity contribution is -0.145. The number of carbonyl (C=O) groups is 2. The number of ketones is 1. The molecule has 1 heterocycles. The third-order valence-electron chi connectivity index (χ3n) is 4.67. The molecular formula is C20H20ClNO3. The third kappa shape index (κ3) is 3.31. The van der Waals surface area contributed by atoms with Crippen molar-refractivity contribution in [1.82, 2.24) is 0 Å². The minimum atomic E-state index is -0.652. The highest BCUT2D eigenvalue weighted by molar-refractivity contribution is 6.31. The van der Waals surface area contributed by atoms with Gasteiger partial charge in [-0.1, -0.05) is 42.5 Å². The van der Waals surface area contributed by atoms with E-state index in [2.05, 4.69) is 11.6 Å². The lowest BCUT2D eigenvalue weighted by atomic mass is 9.72. The summed E-state index contributed by atoms with van der Waals surface area (Å²) in [5.41, 5.74) is 2.83. The van der Waals surface area contributed by atoms with Crippen LogP contribution < -0.4 is 0 Å². The highest BCUT2D eigenvalue weighted by atomic mass is 35.5. The third-order valence-corrected chi connectivity index (χ3v) is 5.02. The quantitative estimate of drug-likeness (QED) is 0.598. The van der Waals surface area contributed by atoms with Crippen LogP contribution in [-0.4, -0.2) is 24.1 Å².